The average Bonchev–Trinajstić information content (AvgIpc) is 2.78. The van der Waals surface area contributed by atoms with Gasteiger partial charge in [0.05, 0.1) is 5.41 Å². The molecule has 0 atom stereocenters. The molecule has 0 radical (unpaired) electrons. The second-order valence-corrected chi connectivity index (χ2v) is 4.97. The Labute approximate surface area is 79.3 Å². The van der Waals surface area contributed by atoms with Crippen LogP contribution in [-0.2, 0) is 4.79 Å². The van der Waals surface area contributed by atoms with E-state index in [-0.39, 0.29) is 5.41 Å². The molecule has 0 aliphatic heterocycles. The molecular weight excluding hydrogens is 164 g/mol. The van der Waals surface area contributed by atoms with E-state index in [0.29, 0.717) is 5.41 Å². The van der Waals surface area contributed by atoms with Crippen LogP contribution >= 0.6 is 0 Å². The summed E-state index contributed by atoms with van der Waals surface area (Å²) in [5.74, 6) is -0.549. The molecule has 2 heteroatoms. The zero-order valence-corrected chi connectivity index (χ0v) is 8.31. The molecule has 0 spiro atoms. The van der Waals surface area contributed by atoms with Crippen LogP contribution in [0.1, 0.15) is 51.9 Å². The molecule has 2 aliphatic carbocycles. The van der Waals surface area contributed by atoms with Crippen molar-refractivity contribution in [3.8, 4) is 0 Å². The molecule has 0 saturated heterocycles. The lowest BCUT2D eigenvalue weighted by Gasteiger charge is -2.43. The topological polar surface area (TPSA) is 37.3 Å². The van der Waals surface area contributed by atoms with E-state index in [0.717, 1.165) is 19.3 Å². The van der Waals surface area contributed by atoms with Crippen molar-refractivity contribution >= 4 is 5.97 Å². The van der Waals surface area contributed by atoms with Gasteiger partial charge in [-0.3, -0.25) is 4.79 Å². The lowest BCUT2D eigenvalue weighted by molar-refractivity contribution is -0.145. The Hall–Kier alpha value is -0.530. The van der Waals surface area contributed by atoms with Crippen molar-refractivity contribution in [2.24, 2.45) is 10.8 Å². The molecular formula is C11H18O2. The van der Waals surface area contributed by atoms with Crippen LogP contribution < -0.4 is 0 Å². The van der Waals surface area contributed by atoms with Crippen molar-refractivity contribution in [2.75, 3.05) is 0 Å². The van der Waals surface area contributed by atoms with Crippen molar-refractivity contribution in [1.82, 2.24) is 0 Å². The van der Waals surface area contributed by atoms with Gasteiger partial charge in [0.1, 0.15) is 0 Å². The smallest absolute Gasteiger partial charge is 0.309 e. The molecule has 2 fully saturated rings. The fourth-order valence-electron chi connectivity index (χ4n) is 2.67. The Kier molecular flexibility index (Phi) is 1.90. The highest BCUT2D eigenvalue weighted by Gasteiger charge is 2.55. The van der Waals surface area contributed by atoms with Gasteiger partial charge < -0.3 is 5.11 Å². The highest BCUT2D eigenvalue weighted by molar-refractivity contribution is 5.77. The number of hydrogen-bond donors (Lipinski definition) is 1. The lowest BCUT2D eigenvalue weighted by atomic mass is 9.62. The summed E-state index contributed by atoms with van der Waals surface area (Å²) in [5, 5.41) is 9.08. The first-order valence-electron chi connectivity index (χ1n) is 5.36. The van der Waals surface area contributed by atoms with Crippen molar-refractivity contribution in [1.29, 1.82) is 0 Å². The SMILES string of the molecule is CCC1(CC2(C(=O)O)CC2)CCC1. The van der Waals surface area contributed by atoms with Crippen LogP contribution in [0.25, 0.3) is 0 Å². The summed E-state index contributed by atoms with van der Waals surface area (Å²) in [7, 11) is 0. The maximum atomic E-state index is 11.0. The number of carbonyl (C=O) groups is 1. The summed E-state index contributed by atoms with van der Waals surface area (Å²) in [6.07, 6.45) is 7.79. The van der Waals surface area contributed by atoms with Crippen molar-refractivity contribution in [2.45, 2.75) is 51.9 Å². The summed E-state index contributed by atoms with van der Waals surface area (Å²) in [6, 6.07) is 0. The summed E-state index contributed by atoms with van der Waals surface area (Å²) in [6.45, 7) is 2.21. The van der Waals surface area contributed by atoms with Gasteiger partial charge >= 0.3 is 5.97 Å². The third kappa shape index (κ3) is 1.36. The first-order chi connectivity index (χ1) is 6.13. The molecule has 0 heterocycles. The van der Waals surface area contributed by atoms with Crippen molar-refractivity contribution in [3.05, 3.63) is 0 Å². The maximum Gasteiger partial charge on any atom is 0.309 e. The van der Waals surface area contributed by atoms with Crippen LogP contribution in [-0.4, -0.2) is 11.1 Å². The quantitative estimate of drug-likeness (QED) is 0.725. The van der Waals surface area contributed by atoms with Gasteiger partial charge in [0.25, 0.3) is 0 Å². The summed E-state index contributed by atoms with van der Waals surface area (Å²) in [5.41, 5.74) is 0.116. The highest BCUT2D eigenvalue weighted by atomic mass is 16.4. The van der Waals surface area contributed by atoms with Crippen LogP contribution in [0, 0.1) is 10.8 Å². The molecule has 0 aromatic heterocycles. The summed E-state index contributed by atoms with van der Waals surface area (Å²) >= 11 is 0. The monoisotopic (exact) mass is 182 g/mol. The van der Waals surface area contributed by atoms with Crippen molar-refractivity contribution < 1.29 is 9.90 Å². The molecule has 0 bridgehead atoms. The van der Waals surface area contributed by atoms with E-state index < -0.39 is 5.97 Å². The highest BCUT2D eigenvalue weighted by Crippen LogP contribution is 2.60. The molecule has 2 nitrogen and oxygen atoms in total. The van der Waals surface area contributed by atoms with Crippen LogP contribution in [0.4, 0.5) is 0 Å². The lowest BCUT2D eigenvalue weighted by Crippen LogP contribution is -2.34. The Balaban J connectivity index is 2.00. The molecule has 2 rings (SSSR count). The molecule has 13 heavy (non-hydrogen) atoms. The molecule has 0 aromatic rings. The van der Waals surface area contributed by atoms with E-state index in [9.17, 15) is 4.79 Å². The second-order valence-electron chi connectivity index (χ2n) is 4.97. The van der Waals surface area contributed by atoms with Crippen LogP contribution in [0.5, 0.6) is 0 Å². The maximum absolute atomic E-state index is 11.0. The predicted octanol–water partition coefficient (Wildman–Crippen LogP) is 2.82. The van der Waals surface area contributed by atoms with Gasteiger partial charge in [-0.05, 0) is 37.5 Å². The van der Waals surface area contributed by atoms with Crippen LogP contribution in [0.15, 0.2) is 0 Å². The molecule has 0 aromatic carbocycles. The molecule has 0 amide bonds. The standard InChI is InChI=1S/C11H18O2/c1-2-10(4-3-5-10)8-11(6-7-11)9(12)13/h2-8H2,1H3,(H,12,13). The molecule has 74 valence electrons. The van der Waals surface area contributed by atoms with Gasteiger partial charge in [-0.2, -0.15) is 0 Å². The number of rotatable bonds is 4. The minimum Gasteiger partial charge on any atom is -0.481 e. The summed E-state index contributed by atoms with van der Waals surface area (Å²) < 4.78 is 0. The number of carboxylic acids is 1. The zero-order chi connectivity index (χ0) is 9.53. The fourth-order valence-corrected chi connectivity index (χ4v) is 2.67. The molecule has 1 N–H and O–H groups in total. The van der Waals surface area contributed by atoms with Gasteiger partial charge in [0.15, 0.2) is 0 Å². The Morgan fingerprint density at radius 2 is 1.92 bits per heavy atom. The van der Waals surface area contributed by atoms with Gasteiger partial charge in [0.2, 0.25) is 0 Å². The first-order valence-corrected chi connectivity index (χ1v) is 5.36. The second kappa shape index (κ2) is 2.73. The van der Waals surface area contributed by atoms with E-state index in [1.165, 1.54) is 25.7 Å². The van der Waals surface area contributed by atoms with Gasteiger partial charge in [-0.1, -0.05) is 19.8 Å². The third-order valence-electron chi connectivity index (χ3n) is 4.18. The van der Waals surface area contributed by atoms with Crippen LogP contribution in [0.3, 0.4) is 0 Å². The Morgan fingerprint density at radius 3 is 2.15 bits per heavy atom. The van der Waals surface area contributed by atoms with E-state index in [2.05, 4.69) is 6.92 Å². The Bertz CT molecular complexity index is 219. The van der Waals surface area contributed by atoms with E-state index in [1.54, 1.807) is 0 Å². The van der Waals surface area contributed by atoms with E-state index in [4.69, 9.17) is 5.11 Å². The first kappa shape index (κ1) is 9.04. The molecule has 2 saturated carbocycles. The van der Waals surface area contributed by atoms with Gasteiger partial charge in [-0.15, -0.1) is 0 Å². The fraction of sp³-hybridized carbons (Fsp3) is 0.909. The molecule has 0 unspecified atom stereocenters. The summed E-state index contributed by atoms with van der Waals surface area (Å²) in [4.78, 5) is 11.0. The number of carboxylic acid groups (broad SMARTS) is 1. The number of hydrogen-bond acceptors (Lipinski definition) is 1. The van der Waals surface area contributed by atoms with Gasteiger partial charge in [-0.25, -0.2) is 0 Å². The van der Waals surface area contributed by atoms with E-state index in [1.807, 2.05) is 0 Å². The Morgan fingerprint density at radius 1 is 1.31 bits per heavy atom. The van der Waals surface area contributed by atoms with Crippen LogP contribution in [0.2, 0.25) is 0 Å². The average molecular weight is 182 g/mol. The van der Waals surface area contributed by atoms with Crippen molar-refractivity contribution in [3.63, 3.8) is 0 Å². The minimum atomic E-state index is -0.549. The number of aliphatic carboxylic acids is 1. The minimum absolute atomic E-state index is 0.295. The van der Waals surface area contributed by atoms with Gasteiger partial charge in [0, 0.05) is 0 Å². The predicted molar refractivity (Wildman–Crippen MR) is 50.5 cm³/mol. The molecule has 2 aliphatic rings. The zero-order valence-electron chi connectivity index (χ0n) is 8.31. The normalized spacial score (nSPS) is 27.8. The van der Waals surface area contributed by atoms with E-state index >= 15 is 0 Å². The largest absolute Gasteiger partial charge is 0.481 e. The third-order valence-corrected chi connectivity index (χ3v) is 4.18.